The van der Waals surface area contributed by atoms with Gasteiger partial charge in [-0.05, 0) is 48.6 Å². The molecule has 2 amide bonds. The average molecular weight is 509 g/mol. The molecule has 1 aromatic heterocycles. The van der Waals surface area contributed by atoms with Crippen LogP contribution in [-0.4, -0.2) is 76.1 Å². The fourth-order valence-electron chi connectivity index (χ4n) is 5.47. The molecule has 1 aromatic carbocycles. The van der Waals surface area contributed by atoms with Crippen LogP contribution in [0.15, 0.2) is 48.8 Å². The van der Waals surface area contributed by atoms with Crippen LogP contribution in [0.2, 0.25) is 0 Å². The van der Waals surface area contributed by atoms with E-state index in [0.717, 1.165) is 49.0 Å². The van der Waals surface area contributed by atoms with E-state index >= 15 is 0 Å². The number of fused-ring (bicyclic) bond motifs is 3. The van der Waals surface area contributed by atoms with Crippen LogP contribution in [0.1, 0.15) is 50.2 Å². The zero-order valence-corrected chi connectivity index (χ0v) is 21.4. The van der Waals surface area contributed by atoms with Crippen molar-refractivity contribution in [2.75, 3.05) is 31.2 Å². The van der Waals surface area contributed by atoms with E-state index in [1.54, 1.807) is 17.3 Å². The lowest BCUT2D eigenvalue weighted by Gasteiger charge is -2.44. The van der Waals surface area contributed by atoms with Gasteiger partial charge in [-0.3, -0.25) is 19.5 Å². The molecule has 198 valence electrons. The number of nitrogens with zero attached hydrogens (tertiary/aromatic N) is 4. The van der Waals surface area contributed by atoms with Gasteiger partial charge in [-0.25, -0.2) is 4.79 Å². The molecule has 0 spiro atoms. The normalized spacial score (nSPS) is 20.6. The van der Waals surface area contributed by atoms with Crippen molar-refractivity contribution < 1.29 is 24.2 Å². The average Bonchev–Trinajstić information content (AvgIpc) is 2.91. The molecule has 1 N–H and O–H groups in total. The van der Waals surface area contributed by atoms with E-state index < -0.39 is 12.6 Å². The first kappa shape index (κ1) is 26.8. The molecule has 37 heavy (non-hydrogen) atoms. The molecule has 2 aromatic rings. The lowest BCUT2D eigenvalue weighted by Crippen LogP contribution is -2.52. The summed E-state index contributed by atoms with van der Waals surface area (Å²) >= 11 is 0. The van der Waals surface area contributed by atoms with E-state index in [9.17, 15) is 14.4 Å². The minimum Gasteiger partial charge on any atom is -0.480 e. The molecule has 9 nitrogen and oxygen atoms in total. The number of carbonyl (C=O) groups excluding carboxylic acids is 2. The molecule has 2 bridgehead atoms. The Kier molecular flexibility index (Phi) is 9.24. The van der Waals surface area contributed by atoms with Crippen LogP contribution in [0, 0.1) is 0 Å². The second-order valence-corrected chi connectivity index (χ2v) is 9.74. The lowest BCUT2D eigenvalue weighted by molar-refractivity contribution is -0.146. The number of para-hydroxylation sites is 1. The van der Waals surface area contributed by atoms with Gasteiger partial charge in [0.1, 0.15) is 13.2 Å². The Balaban J connectivity index is 1.69. The zero-order valence-electron chi connectivity index (χ0n) is 21.4. The van der Waals surface area contributed by atoms with Gasteiger partial charge in [0, 0.05) is 62.8 Å². The Labute approximate surface area is 218 Å². The van der Waals surface area contributed by atoms with E-state index in [0.29, 0.717) is 26.1 Å². The van der Waals surface area contributed by atoms with Crippen molar-refractivity contribution in [1.29, 1.82) is 0 Å². The molecule has 3 heterocycles. The largest absolute Gasteiger partial charge is 0.480 e. The summed E-state index contributed by atoms with van der Waals surface area (Å²) in [5.41, 5.74) is 2.89. The van der Waals surface area contributed by atoms with Crippen molar-refractivity contribution in [3.05, 3.63) is 59.9 Å². The molecule has 1 saturated heterocycles. The van der Waals surface area contributed by atoms with E-state index in [1.807, 2.05) is 48.2 Å². The Morgan fingerprint density at radius 2 is 1.76 bits per heavy atom. The number of hydrogen-bond donors (Lipinski definition) is 1. The van der Waals surface area contributed by atoms with Crippen molar-refractivity contribution in [3.8, 4) is 0 Å². The Morgan fingerprint density at radius 3 is 2.51 bits per heavy atom. The van der Waals surface area contributed by atoms with Gasteiger partial charge in [-0.15, -0.1) is 0 Å². The number of carboxylic acid groups (broad SMARTS) is 1. The number of hydrogen-bond acceptors (Lipinski definition) is 6. The number of piperidine rings is 1. The minimum atomic E-state index is -1.11. The maximum atomic E-state index is 13.3. The van der Waals surface area contributed by atoms with Crippen LogP contribution in [-0.2, 0) is 32.2 Å². The molecule has 1 fully saturated rings. The van der Waals surface area contributed by atoms with Gasteiger partial charge in [-0.2, -0.15) is 0 Å². The molecule has 4 rings (SSSR count). The van der Waals surface area contributed by atoms with Crippen LogP contribution < -0.4 is 4.90 Å². The summed E-state index contributed by atoms with van der Waals surface area (Å²) in [6, 6.07) is 12.2. The Bertz CT molecular complexity index is 1080. The number of ether oxygens (including phenoxy) is 1. The van der Waals surface area contributed by atoms with Gasteiger partial charge < -0.3 is 19.6 Å². The number of carboxylic acids is 1. The molecular formula is C28H36N4O5. The summed E-state index contributed by atoms with van der Waals surface area (Å²) < 4.78 is 5.18. The standard InChI is InChI=1S/C28H36N4O5/c1-2-26(33)31-15-12-23-7-5-8-24(32(23)16-21-10-13-29-14-11-21)18-30(27(34)19-37-20-28(35)36)17-22-6-3-4-9-25(22)31/h3-4,6,9-11,13-14,23-24H,2,5,7-8,12,15-20H2,1H3,(H,35,36). The second kappa shape index (κ2) is 12.8. The van der Waals surface area contributed by atoms with Crippen molar-refractivity contribution in [3.63, 3.8) is 0 Å². The van der Waals surface area contributed by atoms with Gasteiger partial charge in [0.2, 0.25) is 11.8 Å². The first-order valence-corrected chi connectivity index (χ1v) is 13.1. The third kappa shape index (κ3) is 6.93. The van der Waals surface area contributed by atoms with Crippen LogP contribution in [0.4, 0.5) is 5.69 Å². The third-order valence-corrected chi connectivity index (χ3v) is 7.30. The van der Waals surface area contributed by atoms with E-state index in [1.165, 1.54) is 0 Å². The van der Waals surface area contributed by atoms with Gasteiger partial charge in [0.05, 0.1) is 0 Å². The first-order valence-electron chi connectivity index (χ1n) is 13.1. The van der Waals surface area contributed by atoms with E-state index in [2.05, 4.69) is 9.88 Å². The van der Waals surface area contributed by atoms with Crippen LogP contribution >= 0.6 is 0 Å². The van der Waals surface area contributed by atoms with E-state index in [-0.39, 0.29) is 30.5 Å². The maximum absolute atomic E-state index is 13.3. The van der Waals surface area contributed by atoms with Gasteiger partial charge in [0.15, 0.2) is 0 Å². The van der Waals surface area contributed by atoms with Gasteiger partial charge >= 0.3 is 5.97 Å². The van der Waals surface area contributed by atoms with E-state index in [4.69, 9.17) is 9.84 Å². The number of benzene rings is 1. The number of amides is 2. The predicted octanol–water partition coefficient (Wildman–Crippen LogP) is 3.08. The number of pyridine rings is 1. The van der Waals surface area contributed by atoms with Crippen molar-refractivity contribution in [2.24, 2.45) is 0 Å². The molecule has 2 aliphatic rings. The van der Waals surface area contributed by atoms with Crippen LogP contribution in [0.25, 0.3) is 0 Å². The SMILES string of the molecule is CCC(=O)N1CCC2CCCC(CN(C(=O)COCC(=O)O)Cc3ccccc31)N2Cc1ccncc1. The highest BCUT2D eigenvalue weighted by Crippen LogP contribution is 2.31. The summed E-state index contributed by atoms with van der Waals surface area (Å²) in [5.74, 6) is -1.31. The smallest absolute Gasteiger partial charge is 0.329 e. The lowest BCUT2D eigenvalue weighted by atomic mass is 9.92. The van der Waals surface area contributed by atoms with Crippen LogP contribution in [0.3, 0.4) is 0 Å². The third-order valence-electron chi connectivity index (χ3n) is 7.30. The highest BCUT2D eigenvalue weighted by Gasteiger charge is 2.34. The van der Waals surface area contributed by atoms with Gasteiger partial charge in [0.25, 0.3) is 0 Å². The Hall–Kier alpha value is -3.30. The quantitative estimate of drug-likeness (QED) is 0.613. The summed E-state index contributed by atoms with van der Waals surface area (Å²) in [6.45, 7) is 3.24. The molecule has 0 aliphatic carbocycles. The molecule has 9 heteroatoms. The number of carbonyl (C=O) groups is 3. The molecule has 2 unspecified atom stereocenters. The fraction of sp³-hybridized carbons (Fsp3) is 0.500. The number of anilines is 1. The Morgan fingerprint density at radius 1 is 1.00 bits per heavy atom. The summed E-state index contributed by atoms with van der Waals surface area (Å²) in [7, 11) is 0. The highest BCUT2D eigenvalue weighted by molar-refractivity contribution is 5.94. The molecule has 2 atom stereocenters. The van der Waals surface area contributed by atoms with Crippen LogP contribution in [0.5, 0.6) is 0 Å². The zero-order chi connectivity index (χ0) is 26.2. The number of aliphatic carboxylic acids is 1. The predicted molar refractivity (Wildman–Crippen MR) is 139 cm³/mol. The van der Waals surface area contributed by atoms with Crippen molar-refractivity contribution in [1.82, 2.24) is 14.8 Å². The van der Waals surface area contributed by atoms with Crippen molar-refractivity contribution >= 4 is 23.5 Å². The highest BCUT2D eigenvalue weighted by atomic mass is 16.5. The molecular weight excluding hydrogens is 472 g/mol. The maximum Gasteiger partial charge on any atom is 0.329 e. The molecule has 0 saturated carbocycles. The van der Waals surface area contributed by atoms with Crippen molar-refractivity contribution in [2.45, 2.75) is 64.2 Å². The first-order chi connectivity index (χ1) is 18.0. The molecule has 2 aliphatic heterocycles. The monoisotopic (exact) mass is 508 g/mol. The summed E-state index contributed by atoms with van der Waals surface area (Å²) in [5, 5.41) is 8.95. The summed E-state index contributed by atoms with van der Waals surface area (Å²) in [4.78, 5) is 47.6. The fourth-order valence-corrected chi connectivity index (χ4v) is 5.47. The summed E-state index contributed by atoms with van der Waals surface area (Å²) in [6.07, 6.45) is 7.88. The number of aromatic nitrogens is 1. The van der Waals surface area contributed by atoms with Gasteiger partial charge in [-0.1, -0.05) is 31.5 Å². The number of rotatable bonds is 7. The minimum absolute atomic E-state index is 0.0578. The topological polar surface area (TPSA) is 103 Å². The molecule has 0 radical (unpaired) electrons. The second-order valence-electron chi connectivity index (χ2n) is 9.74.